The molecule has 354 valence electrons. The molecular formula is C49H47F4N7O7S. The molecule has 6 heterocycles. The van der Waals surface area contributed by atoms with E-state index in [0.29, 0.717) is 44.0 Å². The molecule has 6 amide bonds. The highest BCUT2D eigenvalue weighted by atomic mass is 32.1. The molecule has 19 heteroatoms. The van der Waals surface area contributed by atoms with Gasteiger partial charge in [0.15, 0.2) is 5.11 Å². The number of hydrogen-bond donors (Lipinski definition) is 1. The Morgan fingerprint density at radius 2 is 1.54 bits per heavy atom. The number of ether oxygens (including phenoxy) is 1. The van der Waals surface area contributed by atoms with Gasteiger partial charge in [0.05, 0.1) is 46.2 Å². The van der Waals surface area contributed by atoms with Crippen molar-refractivity contribution < 1.29 is 51.1 Å². The van der Waals surface area contributed by atoms with Crippen LogP contribution >= 0.6 is 12.2 Å². The fourth-order valence-corrected chi connectivity index (χ4v) is 12.2. The average molecular weight is 954 g/mol. The second-order valence-corrected chi connectivity index (χ2v) is 20.3. The summed E-state index contributed by atoms with van der Waals surface area (Å²) in [5, 5.41) is 11.3. The number of halogens is 4. The zero-order valence-corrected chi connectivity index (χ0v) is 38.2. The molecule has 2 spiro atoms. The Bertz CT molecular complexity index is 2790. The van der Waals surface area contributed by atoms with Gasteiger partial charge < -0.3 is 19.4 Å². The molecule has 0 aromatic heterocycles. The van der Waals surface area contributed by atoms with Crippen LogP contribution in [-0.2, 0) is 27.0 Å². The fraction of sp³-hybridized carbons (Fsp3) is 0.469. The van der Waals surface area contributed by atoms with Crippen LogP contribution in [0.4, 0.5) is 28.9 Å². The van der Waals surface area contributed by atoms with Crippen LogP contribution in [0.1, 0.15) is 119 Å². The molecule has 3 aromatic carbocycles. The number of nitrogens with one attached hydrogen (secondary N) is 1. The van der Waals surface area contributed by atoms with E-state index in [1.807, 2.05) is 0 Å². The first kappa shape index (κ1) is 45.5. The van der Waals surface area contributed by atoms with Crippen LogP contribution in [0.25, 0.3) is 0 Å². The molecule has 1 atom stereocenters. The number of nitriles is 1. The van der Waals surface area contributed by atoms with Crippen LogP contribution in [0.15, 0.2) is 48.5 Å². The number of imide groups is 2. The van der Waals surface area contributed by atoms with Gasteiger partial charge in [-0.1, -0.05) is 0 Å². The lowest BCUT2D eigenvalue weighted by atomic mass is 9.70. The van der Waals surface area contributed by atoms with E-state index in [1.165, 1.54) is 43.0 Å². The van der Waals surface area contributed by atoms with Crippen molar-refractivity contribution in [3.63, 3.8) is 0 Å². The predicted molar refractivity (Wildman–Crippen MR) is 240 cm³/mol. The summed E-state index contributed by atoms with van der Waals surface area (Å²) >= 11 is 5.61. The number of carbonyl (C=O) groups is 6. The number of thiocarbonyl (C=S) groups is 1. The molecular weight excluding hydrogens is 907 g/mol. The molecule has 0 radical (unpaired) electrons. The molecule has 1 unspecified atom stereocenters. The molecule has 14 nitrogen and oxygen atoms in total. The largest absolute Gasteiger partial charge is 0.493 e. The second-order valence-electron chi connectivity index (χ2n) is 20.0. The maximum absolute atomic E-state index is 16.0. The Kier molecular flexibility index (Phi) is 10.8. The van der Waals surface area contributed by atoms with Gasteiger partial charge >= 0.3 is 6.18 Å². The summed E-state index contributed by atoms with van der Waals surface area (Å²) in [4.78, 5) is 86.2. The maximum atomic E-state index is 16.0. The third-order valence-corrected chi connectivity index (χ3v) is 16.0. The normalized spacial score (nSPS) is 25.8. The number of alkyl halides is 3. The van der Waals surface area contributed by atoms with Gasteiger partial charge in [0.25, 0.3) is 23.6 Å². The number of hydrogen-bond acceptors (Lipinski definition) is 10. The van der Waals surface area contributed by atoms with Crippen molar-refractivity contribution >= 4 is 64.1 Å². The molecule has 7 aliphatic rings. The zero-order valence-electron chi connectivity index (χ0n) is 37.3. The molecule has 0 bridgehead atoms. The summed E-state index contributed by atoms with van der Waals surface area (Å²) in [5.41, 5.74) is -2.34. The second kappa shape index (κ2) is 16.2. The number of nitrogens with zero attached hydrogens (tertiary/aromatic N) is 6. The number of benzene rings is 3. The molecule has 5 fully saturated rings. The number of carbonyl (C=O) groups excluding carboxylic acids is 6. The summed E-state index contributed by atoms with van der Waals surface area (Å²) in [6.45, 7) is 6.25. The lowest BCUT2D eigenvalue weighted by molar-refractivity contribution is -0.138. The molecule has 4 saturated heterocycles. The molecule has 68 heavy (non-hydrogen) atoms. The quantitative estimate of drug-likeness (QED) is 0.168. The summed E-state index contributed by atoms with van der Waals surface area (Å²) in [6.07, 6.45) is 2.31. The SMILES string of the molecule is CC1(C)C(=O)N(c2ccc(C#N)c(C(F)(F)F)c2)C(=S)N1c1ccc(C(=O)N2CCC3(CCC(N4CCC5(CC4)COc4cc6c(cc4C5)C(=O)N(C4CCC(=O)NC4=O)C6=O)CC3)C2)c(F)c1. The van der Waals surface area contributed by atoms with Crippen LogP contribution in [0.3, 0.4) is 0 Å². The Morgan fingerprint density at radius 1 is 0.868 bits per heavy atom. The monoisotopic (exact) mass is 953 g/mol. The third kappa shape index (κ3) is 7.41. The van der Waals surface area contributed by atoms with Crippen molar-refractivity contribution in [1.82, 2.24) is 20.0 Å². The van der Waals surface area contributed by atoms with E-state index >= 15 is 4.39 Å². The maximum Gasteiger partial charge on any atom is 0.417 e. The highest BCUT2D eigenvalue weighted by Gasteiger charge is 2.52. The van der Waals surface area contributed by atoms with Gasteiger partial charge in [0.1, 0.15) is 23.1 Å². The van der Waals surface area contributed by atoms with E-state index in [9.17, 15) is 47.2 Å². The van der Waals surface area contributed by atoms with Gasteiger partial charge in [-0.15, -0.1) is 0 Å². The molecule has 1 saturated carbocycles. The topological polar surface area (TPSA) is 164 Å². The highest BCUT2D eigenvalue weighted by molar-refractivity contribution is 7.81. The number of piperidine rings is 2. The molecule has 3 aromatic rings. The Morgan fingerprint density at radius 3 is 2.21 bits per heavy atom. The van der Waals surface area contributed by atoms with Crippen molar-refractivity contribution in [3.05, 3.63) is 87.7 Å². The Labute approximate surface area is 394 Å². The van der Waals surface area contributed by atoms with Crippen LogP contribution in [-0.4, -0.2) is 106 Å². The lowest BCUT2D eigenvalue weighted by Crippen LogP contribution is -2.54. The smallest absolute Gasteiger partial charge is 0.417 e. The fourth-order valence-electron chi connectivity index (χ4n) is 11.7. The molecule has 1 N–H and O–H groups in total. The lowest BCUT2D eigenvalue weighted by Gasteiger charge is -2.48. The summed E-state index contributed by atoms with van der Waals surface area (Å²) in [7, 11) is 0. The first-order chi connectivity index (χ1) is 32.2. The minimum Gasteiger partial charge on any atom is -0.493 e. The van der Waals surface area contributed by atoms with E-state index in [4.69, 9.17) is 17.0 Å². The van der Waals surface area contributed by atoms with Gasteiger partial charge in [-0.25, -0.2) is 4.39 Å². The van der Waals surface area contributed by atoms with Gasteiger partial charge in [-0.2, -0.15) is 18.4 Å². The number of fused-ring (bicyclic) bond motifs is 2. The minimum absolute atomic E-state index is 0.0461. The van der Waals surface area contributed by atoms with Crippen LogP contribution in [0.2, 0.25) is 0 Å². The average Bonchev–Trinajstić information content (AvgIpc) is 3.88. The van der Waals surface area contributed by atoms with Crippen LogP contribution < -0.4 is 19.9 Å². The molecule has 1 aliphatic carbocycles. The van der Waals surface area contributed by atoms with E-state index < -0.39 is 70.1 Å². The van der Waals surface area contributed by atoms with Crippen molar-refractivity contribution in [2.75, 3.05) is 42.6 Å². The van der Waals surface area contributed by atoms with Crippen molar-refractivity contribution in [2.24, 2.45) is 10.8 Å². The standard InChI is InChI=1S/C49H47F4N7O7S/c1-46(2)44(66)58(30-4-3-27(24-54)35(20-30)49(51,52)53)45(68)60(46)31-5-6-32(36(50)21-31)41(63)57-18-13-47(25-57)11-9-29(10-12-47)56-16-14-48(15-17-56)23-28-19-33-34(22-38(28)67-26-48)43(65)59(42(33)64)37-7-8-39(61)55-40(37)62/h3-6,19-22,29,37H,7-18,23,25-26H2,1-2H3,(H,55,61,62). The zero-order chi connectivity index (χ0) is 48.2. The molecule has 10 rings (SSSR count). The number of rotatable bonds is 5. The van der Waals surface area contributed by atoms with Gasteiger partial charge in [-0.05, 0) is 156 Å². The summed E-state index contributed by atoms with van der Waals surface area (Å²) < 4.78 is 63.8. The summed E-state index contributed by atoms with van der Waals surface area (Å²) in [5.74, 6) is -3.53. The van der Waals surface area contributed by atoms with Crippen molar-refractivity contribution in [2.45, 2.75) is 102 Å². The van der Waals surface area contributed by atoms with Crippen LogP contribution in [0, 0.1) is 28.0 Å². The van der Waals surface area contributed by atoms with Gasteiger partial charge in [0.2, 0.25) is 11.8 Å². The summed E-state index contributed by atoms with van der Waals surface area (Å²) in [6, 6.07) is 11.1. The van der Waals surface area contributed by atoms with E-state index in [2.05, 4.69) is 10.2 Å². The first-order valence-electron chi connectivity index (χ1n) is 22.9. The Balaban J connectivity index is 0.744. The van der Waals surface area contributed by atoms with Crippen LogP contribution in [0.5, 0.6) is 5.75 Å². The number of amides is 6. The first-order valence-corrected chi connectivity index (χ1v) is 23.3. The van der Waals surface area contributed by atoms with E-state index in [-0.39, 0.29) is 56.8 Å². The van der Waals surface area contributed by atoms with Crippen molar-refractivity contribution in [1.29, 1.82) is 5.26 Å². The van der Waals surface area contributed by atoms with E-state index in [1.54, 1.807) is 17.0 Å². The third-order valence-electron chi connectivity index (χ3n) is 15.6. The van der Waals surface area contributed by atoms with Gasteiger partial charge in [0, 0.05) is 36.7 Å². The van der Waals surface area contributed by atoms with Gasteiger partial charge in [-0.3, -0.25) is 43.9 Å². The highest BCUT2D eigenvalue weighted by Crippen LogP contribution is 2.49. The predicted octanol–water partition coefficient (Wildman–Crippen LogP) is 6.53. The van der Waals surface area contributed by atoms with Crippen molar-refractivity contribution in [3.8, 4) is 11.8 Å². The number of likely N-dealkylation sites (tertiary alicyclic amines) is 2. The van der Waals surface area contributed by atoms with E-state index in [0.717, 1.165) is 85.5 Å². The molecule has 6 aliphatic heterocycles. The number of anilines is 2. The Hall–Kier alpha value is -6.26. The minimum atomic E-state index is -4.87.